The molecule has 0 aliphatic heterocycles. The molecule has 262 valence electrons. The first-order valence-corrected chi connectivity index (χ1v) is 15.0. The van der Waals surface area contributed by atoms with Crippen LogP contribution in [-0.4, -0.2) is 77.1 Å². The topological polar surface area (TPSA) is 133 Å². The lowest BCUT2D eigenvalue weighted by molar-refractivity contribution is -0.926. The van der Waals surface area contributed by atoms with Gasteiger partial charge in [-0.1, -0.05) is 10.9 Å². The third kappa shape index (κ3) is 6.98. The quantitative estimate of drug-likeness (QED) is 0.0620. The van der Waals surface area contributed by atoms with Gasteiger partial charge in [0.2, 0.25) is 11.5 Å². The number of halogens is 2. The fraction of sp³-hybridized carbons (Fsp3) is 0.286. The zero-order valence-corrected chi connectivity index (χ0v) is 30.4. The molecule has 0 amide bonds. The van der Waals surface area contributed by atoms with Gasteiger partial charge in [0.1, 0.15) is 23.8 Å². The Hall–Kier alpha value is -5.46. The largest absolute Gasteiger partial charge is 1.00 e. The lowest BCUT2D eigenvalue weighted by Gasteiger charge is -2.29. The zero-order valence-electron chi connectivity index (χ0n) is 28.8. The van der Waals surface area contributed by atoms with Crippen LogP contribution in [-0.2, 0) is 20.3 Å². The van der Waals surface area contributed by atoms with Crippen LogP contribution in [0.3, 0.4) is 0 Å². The molecule has 0 saturated carbocycles. The van der Waals surface area contributed by atoms with E-state index in [-0.39, 0.29) is 51.9 Å². The van der Waals surface area contributed by atoms with Gasteiger partial charge in [0.25, 0.3) is 0 Å². The molecule has 2 aromatic heterocycles. The van der Waals surface area contributed by atoms with E-state index in [1.54, 1.807) is 42.9 Å². The summed E-state index contributed by atoms with van der Waals surface area (Å²) in [5.74, 6) is 6.35. The van der Waals surface area contributed by atoms with Crippen LogP contribution in [0, 0.1) is 27.8 Å². The Bertz CT molecular complexity index is 2120. The van der Waals surface area contributed by atoms with Gasteiger partial charge in [0.15, 0.2) is 29.6 Å². The second-order valence-electron chi connectivity index (χ2n) is 11.8. The lowest BCUT2D eigenvalue weighted by Crippen LogP contribution is -3.00. The Balaban J connectivity index is 0.00000562. The molecule has 0 atom stereocenters. The van der Waals surface area contributed by atoms with E-state index in [4.69, 9.17) is 24.0 Å². The van der Waals surface area contributed by atoms with E-state index in [2.05, 4.69) is 16.8 Å². The van der Waals surface area contributed by atoms with Crippen LogP contribution in [0.15, 0.2) is 48.5 Å². The molecule has 0 aliphatic carbocycles. The SMILES string of the molecule is CC#Cc1c(OC)ccc2c(C(=O)c3cc(OC)c(OC)c(OC)c3)nn(C[N+](C)(C)Cc3c(-c4ccc(F)cc4)nc([N+](=O)[O-])n3C)c12.[Br-]. The number of ether oxygens (including phenoxy) is 4. The third-order valence-corrected chi connectivity index (χ3v) is 8.05. The molecule has 2 heterocycles. The van der Waals surface area contributed by atoms with Crippen molar-refractivity contribution in [1.29, 1.82) is 0 Å². The summed E-state index contributed by atoms with van der Waals surface area (Å²) < 4.78 is 39.2. The molecule has 5 rings (SSSR count). The Labute approximate surface area is 298 Å². The highest BCUT2D eigenvalue weighted by Crippen LogP contribution is 2.40. The molecule has 0 aliphatic rings. The van der Waals surface area contributed by atoms with Gasteiger partial charge in [-0.25, -0.2) is 13.6 Å². The van der Waals surface area contributed by atoms with Crippen LogP contribution < -0.4 is 35.9 Å². The van der Waals surface area contributed by atoms with E-state index in [1.807, 2.05) is 14.1 Å². The number of carbonyl (C=O) groups is 1. The third-order valence-electron chi connectivity index (χ3n) is 8.05. The van der Waals surface area contributed by atoms with Crippen molar-refractivity contribution >= 4 is 22.6 Å². The van der Waals surface area contributed by atoms with Gasteiger partial charge in [-0.15, -0.1) is 5.92 Å². The number of nitrogens with zero attached hydrogens (tertiary/aromatic N) is 6. The molecule has 0 spiro atoms. The molecule has 50 heavy (non-hydrogen) atoms. The van der Waals surface area contributed by atoms with Crippen molar-refractivity contribution in [2.75, 3.05) is 42.5 Å². The first kappa shape index (κ1) is 37.4. The maximum Gasteiger partial charge on any atom is 0.435 e. The predicted molar refractivity (Wildman–Crippen MR) is 179 cm³/mol. The Kier molecular flexibility index (Phi) is 11.2. The van der Waals surface area contributed by atoms with E-state index in [9.17, 15) is 19.3 Å². The second-order valence-corrected chi connectivity index (χ2v) is 11.8. The van der Waals surface area contributed by atoms with E-state index in [0.29, 0.717) is 56.4 Å². The molecule has 13 nitrogen and oxygen atoms in total. The molecule has 5 aromatic rings. The number of aromatic nitrogens is 4. The van der Waals surface area contributed by atoms with E-state index in [0.717, 1.165) is 0 Å². The smallest absolute Gasteiger partial charge is 0.435 e. The minimum absolute atomic E-state index is 0. The summed E-state index contributed by atoms with van der Waals surface area (Å²) in [5, 5.41) is 17.3. The average Bonchev–Trinajstić information content (AvgIpc) is 3.60. The van der Waals surface area contributed by atoms with Gasteiger partial charge in [0, 0.05) is 16.5 Å². The molecule has 0 N–H and O–H groups in total. The summed E-state index contributed by atoms with van der Waals surface area (Å²) in [7, 11) is 11.4. The lowest BCUT2D eigenvalue weighted by atomic mass is 10.0. The van der Waals surface area contributed by atoms with Gasteiger partial charge < -0.3 is 50.5 Å². The summed E-state index contributed by atoms with van der Waals surface area (Å²) in [6.07, 6.45) is 0. The first-order valence-electron chi connectivity index (χ1n) is 15.0. The number of ketones is 1. The molecule has 0 saturated heterocycles. The number of nitro groups is 1. The normalized spacial score (nSPS) is 11.0. The fourth-order valence-corrected chi connectivity index (χ4v) is 5.81. The Morgan fingerprint density at radius 2 is 1.60 bits per heavy atom. The van der Waals surface area contributed by atoms with Gasteiger partial charge in [-0.05, 0) is 60.4 Å². The van der Waals surface area contributed by atoms with Crippen molar-refractivity contribution in [2.45, 2.75) is 20.1 Å². The van der Waals surface area contributed by atoms with Gasteiger partial charge in [0.05, 0.1) is 60.7 Å². The zero-order chi connectivity index (χ0) is 35.6. The van der Waals surface area contributed by atoms with E-state index >= 15 is 0 Å². The number of benzene rings is 3. The van der Waals surface area contributed by atoms with Gasteiger partial charge >= 0.3 is 5.95 Å². The molecule has 3 aromatic carbocycles. The van der Waals surface area contributed by atoms with Crippen LogP contribution in [0.4, 0.5) is 10.3 Å². The van der Waals surface area contributed by atoms with E-state index in [1.165, 1.54) is 57.3 Å². The molecular formula is C35H36BrFN6O7. The van der Waals surface area contributed by atoms with Gasteiger partial charge in [-0.3, -0.25) is 4.79 Å². The van der Waals surface area contributed by atoms with Crippen LogP contribution >= 0.6 is 0 Å². The average molecular weight is 752 g/mol. The highest BCUT2D eigenvalue weighted by Gasteiger charge is 2.33. The molecule has 0 unspecified atom stereocenters. The van der Waals surface area contributed by atoms with Crippen LogP contribution in [0.2, 0.25) is 0 Å². The number of quaternary nitrogens is 1. The van der Waals surface area contributed by atoms with E-state index < -0.39 is 16.5 Å². The Morgan fingerprint density at radius 3 is 2.14 bits per heavy atom. The van der Waals surface area contributed by atoms with Crippen molar-refractivity contribution in [2.24, 2.45) is 7.05 Å². The predicted octanol–water partition coefficient (Wildman–Crippen LogP) is 2.36. The van der Waals surface area contributed by atoms with Crippen LogP contribution in [0.5, 0.6) is 23.0 Å². The standard InChI is InChI=1S/C35H36FN6O7.BrH/c1-9-10-24-27(46-5)16-15-25-31(33(43)22-17-28(47-6)34(49-8)29(18-22)48-7)38-40(32(24)25)20-42(3,4)19-26-30(21-11-13-23(36)14-12-21)37-35(39(26)2)41(44)45;/h11-18H,19-20H2,1-8H3;1H/q+1;/p-1. The maximum absolute atomic E-state index is 14.2. The van der Waals surface area contributed by atoms with Crippen molar-refractivity contribution in [3.05, 3.63) is 87.0 Å². The summed E-state index contributed by atoms with van der Waals surface area (Å²) in [6.45, 7) is 2.15. The number of rotatable bonds is 12. The molecule has 15 heteroatoms. The molecular weight excluding hydrogens is 715 g/mol. The number of imidazole rings is 1. The maximum atomic E-state index is 14.2. The van der Waals surface area contributed by atoms with Crippen molar-refractivity contribution < 1.29 is 54.5 Å². The first-order chi connectivity index (χ1) is 23.4. The summed E-state index contributed by atoms with van der Waals surface area (Å²) in [5.41, 5.74) is 3.00. The van der Waals surface area contributed by atoms with Crippen molar-refractivity contribution in [1.82, 2.24) is 19.3 Å². The summed E-state index contributed by atoms with van der Waals surface area (Å²) >= 11 is 0. The molecule has 0 bridgehead atoms. The minimum Gasteiger partial charge on any atom is -1.00 e. The number of fused-ring (bicyclic) bond motifs is 1. The van der Waals surface area contributed by atoms with Crippen LogP contribution in [0.25, 0.3) is 22.2 Å². The Morgan fingerprint density at radius 1 is 0.980 bits per heavy atom. The number of hydrogen-bond acceptors (Lipinski definition) is 9. The minimum atomic E-state index is -0.555. The monoisotopic (exact) mass is 750 g/mol. The van der Waals surface area contributed by atoms with Gasteiger partial charge in [-0.2, -0.15) is 5.10 Å². The van der Waals surface area contributed by atoms with Crippen LogP contribution in [0.1, 0.15) is 34.2 Å². The second kappa shape index (κ2) is 15.0. The number of carbonyl (C=O) groups excluding carboxylic acids is 1. The summed E-state index contributed by atoms with van der Waals surface area (Å²) in [4.78, 5) is 29.9. The highest BCUT2D eigenvalue weighted by molar-refractivity contribution is 6.16. The molecule has 0 fully saturated rings. The van der Waals surface area contributed by atoms with Crippen molar-refractivity contribution in [3.8, 4) is 46.1 Å². The molecule has 0 radical (unpaired) electrons. The fourth-order valence-electron chi connectivity index (χ4n) is 5.81. The number of hydrogen-bond donors (Lipinski definition) is 0. The number of methoxy groups -OCH3 is 4. The van der Waals surface area contributed by atoms with Crippen molar-refractivity contribution in [3.63, 3.8) is 0 Å². The highest BCUT2D eigenvalue weighted by atomic mass is 79.9. The summed E-state index contributed by atoms with van der Waals surface area (Å²) in [6, 6.07) is 12.3.